The Hall–Kier alpha value is 0.140. The molecule has 3 atom stereocenters. The van der Waals surface area contributed by atoms with Gasteiger partial charge in [-0.15, -0.1) is 11.3 Å². The van der Waals surface area contributed by atoms with E-state index in [1.165, 1.54) is 56.1 Å². The summed E-state index contributed by atoms with van der Waals surface area (Å²) >= 11 is 5.62. The largest absolute Gasteiger partial charge is 0.316 e. The molecule has 1 saturated carbocycles. The number of halogens is 1. The second-order valence-corrected chi connectivity index (χ2v) is 8.06. The Kier molecular flexibility index (Phi) is 7.06. The van der Waals surface area contributed by atoms with Crippen LogP contribution in [0.25, 0.3) is 0 Å². The van der Waals surface area contributed by atoms with E-state index in [1.54, 1.807) is 4.88 Å². The summed E-state index contributed by atoms with van der Waals surface area (Å²) in [4.78, 5) is 1.55. The molecular formula is C17H28BrNS. The first-order valence-electron chi connectivity index (χ1n) is 8.17. The van der Waals surface area contributed by atoms with Gasteiger partial charge in [0.2, 0.25) is 0 Å². The maximum atomic E-state index is 3.70. The molecule has 1 aromatic heterocycles. The number of rotatable bonds is 7. The molecule has 0 amide bonds. The minimum absolute atomic E-state index is 0.869. The second kappa shape index (κ2) is 8.55. The lowest BCUT2D eigenvalue weighted by molar-refractivity contribution is 0.172. The highest BCUT2D eigenvalue weighted by atomic mass is 79.9. The molecular weight excluding hydrogens is 330 g/mol. The van der Waals surface area contributed by atoms with Crippen molar-refractivity contribution in [3.63, 3.8) is 0 Å². The fraction of sp³-hybridized carbons (Fsp3) is 0.765. The molecule has 0 bridgehead atoms. The van der Waals surface area contributed by atoms with E-state index in [-0.39, 0.29) is 0 Å². The van der Waals surface area contributed by atoms with Crippen LogP contribution in [0.2, 0.25) is 0 Å². The van der Waals surface area contributed by atoms with Crippen molar-refractivity contribution in [1.29, 1.82) is 0 Å². The van der Waals surface area contributed by atoms with E-state index in [9.17, 15) is 0 Å². The third-order valence-corrected chi connectivity index (χ3v) is 6.75. The minimum Gasteiger partial charge on any atom is -0.316 e. The molecule has 3 unspecified atom stereocenters. The van der Waals surface area contributed by atoms with Crippen LogP contribution >= 0.6 is 27.3 Å². The van der Waals surface area contributed by atoms with Crippen LogP contribution in [-0.2, 0) is 6.42 Å². The van der Waals surface area contributed by atoms with E-state index in [0.717, 1.165) is 17.8 Å². The summed E-state index contributed by atoms with van der Waals surface area (Å²) < 4.78 is 1.32. The lowest BCUT2D eigenvalue weighted by Crippen LogP contribution is -2.34. The van der Waals surface area contributed by atoms with E-state index in [4.69, 9.17) is 0 Å². The molecule has 3 heteroatoms. The fourth-order valence-electron chi connectivity index (χ4n) is 3.49. The van der Waals surface area contributed by atoms with E-state index in [1.807, 2.05) is 11.3 Å². The van der Waals surface area contributed by atoms with Crippen molar-refractivity contribution in [2.45, 2.75) is 52.4 Å². The minimum atomic E-state index is 0.869. The van der Waals surface area contributed by atoms with Crippen molar-refractivity contribution < 1.29 is 0 Å². The molecule has 0 saturated heterocycles. The number of nitrogens with one attached hydrogen (secondary N) is 1. The molecule has 114 valence electrons. The highest BCUT2D eigenvalue weighted by Crippen LogP contribution is 2.39. The van der Waals surface area contributed by atoms with E-state index >= 15 is 0 Å². The SMILES string of the molecule is CCCNCC1CCC(CC)CC1Cc1sccc1Br. The van der Waals surface area contributed by atoms with Crippen molar-refractivity contribution in [2.75, 3.05) is 13.1 Å². The number of hydrogen-bond donors (Lipinski definition) is 1. The summed E-state index contributed by atoms with van der Waals surface area (Å²) in [6, 6.07) is 2.20. The highest BCUT2D eigenvalue weighted by Gasteiger charge is 2.30. The summed E-state index contributed by atoms with van der Waals surface area (Å²) in [7, 11) is 0. The monoisotopic (exact) mass is 357 g/mol. The van der Waals surface area contributed by atoms with Gasteiger partial charge in [0.1, 0.15) is 0 Å². The molecule has 2 rings (SSSR count). The Bertz CT molecular complexity index is 388. The Morgan fingerprint density at radius 3 is 2.80 bits per heavy atom. The first-order valence-corrected chi connectivity index (χ1v) is 9.84. The van der Waals surface area contributed by atoms with Crippen molar-refractivity contribution in [3.05, 3.63) is 20.8 Å². The molecule has 1 aliphatic rings. The molecule has 0 radical (unpaired) electrons. The summed E-state index contributed by atoms with van der Waals surface area (Å²) in [6.45, 7) is 7.00. The molecule has 20 heavy (non-hydrogen) atoms. The van der Waals surface area contributed by atoms with Crippen molar-refractivity contribution in [3.8, 4) is 0 Å². The fourth-order valence-corrected chi connectivity index (χ4v) is 5.10. The van der Waals surface area contributed by atoms with Gasteiger partial charge in [0, 0.05) is 9.35 Å². The van der Waals surface area contributed by atoms with Crippen LogP contribution in [0.5, 0.6) is 0 Å². The van der Waals surface area contributed by atoms with Crippen LogP contribution < -0.4 is 5.32 Å². The van der Waals surface area contributed by atoms with Crippen LogP contribution in [0, 0.1) is 17.8 Å². The van der Waals surface area contributed by atoms with Crippen LogP contribution in [-0.4, -0.2) is 13.1 Å². The first-order chi connectivity index (χ1) is 9.74. The van der Waals surface area contributed by atoms with Gasteiger partial charge in [-0.25, -0.2) is 0 Å². The highest BCUT2D eigenvalue weighted by molar-refractivity contribution is 9.10. The van der Waals surface area contributed by atoms with Crippen LogP contribution in [0.3, 0.4) is 0 Å². The predicted molar refractivity (Wildman–Crippen MR) is 93.5 cm³/mol. The van der Waals surface area contributed by atoms with Gasteiger partial charge in [0.25, 0.3) is 0 Å². The summed E-state index contributed by atoms with van der Waals surface area (Å²) in [6.07, 6.45) is 8.16. The molecule has 1 fully saturated rings. The normalized spacial score (nSPS) is 26.9. The summed E-state index contributed by atoms with van der Waals surface area (Å²) in [5.41, 5.74) is 0. The lowest BCUT2D eigenvalue weighted by atomic mass is 9.71. The molecule has 1 nitrogen and oxygen atoms in total. The maximum Gasteiger partial charge on any atom is 0.0314 e. The quantitative estimate of drug-likeness (QED) is 0.635. The second-order valence-electron chi connectivity index (χ2n) is 6.21. The molecule has 0 aliphatic heterocycles. The standard InChI is InChI=1S/C17H28BrNS/c1-3-8-19-12-14-6-5-13(4-2)10-15(14)11-17-16(18)7-9-20-17/h7,9,13-15,19H,3-6,8,10-12H2,1-2H3. The molecule has 0 spiro atoms. The smallest absolute Gasteiger partial charge is 0.0314 e. The first kappa shape index (κ1) is 16.5. The van der Waals surface area contributed by atoms with Gasteiger partial charge in [-0.3, -0.25) is 0 Å². The molecule has 0 aromatic carbocycles. The third kappa shape index (κ3) is 4.57. The third-order valence-electron chi connectivity index (χ3n) is 4.80. The Balaban J connectivity index is 1.96. The number of thiophene rings is 1. The summed E-state index contributed by atoms with van der Waals surface area (Å²) in [5.74, 6) is 2.70. The average Bonchev–Trinajstić information content (AvgIpc) is 2.86. The molecule has 1 aromatic rings. The Morgan fingerprint density at radius 2 is 2.15 bits per heavy atom. The van der Waals surface area contributed by atoms with Gasteiger partial charge < -0.3 is 5.32 Å². The van der Waals surface area contributed by atoms with Gasteiger partial charge in [-0.1, -0.05) is 26.7 Å². The van der Waals surface area contributed by atoms with Gasteiger partial charge >= 0.3 is 0 Å². The number of hydrogen-bond acceptors (Lipinski definition) is 2. The van der Waals surface area contributed by atoms with Crippen LogP contribution in [0.1, 0.15) is 50.8 Å². The van der Waals surface area contributed by atoms with Gasteiger partial charge in [-0.2, -0.15) is 0 Å². The summed E-state index contributed by atoms with van der Waals surface area (Å²) in [5, 5.41) is 5.87. The van der Waals surface area contributed by atoms with Gasteiger partial charge in [0.15, 0.2) is 0 Å². The van der Waals surface area contributed by atoms with Crippen molar-refractivity contribution in [2.24, 2.45) is 17.8 Å². The maximum absolute atomic E-state index is 3.70. The topological polar surface area (TPSA) is 12.0 Å². The van der Waals surface area contributed by atoms with Gasteiger partial charge in [0.05, 0.1) is 0 Å². The molecule has 1 aliphatic carbocycles. The van der Waals surface area contributed by atoms with Gasteiger partial charge in [-0.05, 0) is 83.9 Å². The average molecular weight is 358 g/mol. The lowest BCUT2D eigenvalue weighted by Gasteiger charge is -2.36. The van der Waals surface area contributed by atoms with E-state index < -0.39 is 0 Å². The zero-order valence-corrected chi connectivity index (χ0v) is 15.2. The Morgan fingerprint density at radius 1 is 1.30 bits per heavy atom. The zero-order chi connectivity index (χ0) is 14.4. The Labute approximate surface area is 136 Å². The van der Waals surface area contributed by atoms with E-state index in [2.05, 4.69) is 46.5 Å². The van der Waals surface area contributed by atoms with Crippen LogP contribution in [0.4, 0.5) is 0 Å². The molecule has 1 N–H and O–H groups in total. The van der Waals surface area contributed by atoms with Crippen molar-refractivity contribution >= 4 is 27.3 Å². The molecule has 1 heterocycles. The van der Waals surface area contributed by atoms with Crippen molar-refractivity contribution in [1.82, 2.24) is 5.32 Å². The predicted octanol–water partition coefficient (Wildman–Crippen LogP) is 5.50. The van der Waals surface area contributed by atoms with E-state index in [0.29, 0.717) is 0 Å². The van der Waals surface area contributed by atoms with Crippen LogP contribution in [0.15, 0.2) is 15.9 Å². The zero-order valence-electron chi connectivity index (χ0n) is 12.8.